The molecule has 0 aliphatic carbocycles. The van der Waals surface area contributed by atoms with Crippen LogP contribution in [0, 0.1) is 0 Å². The minimum atomic E-state index is -3.21. The molecule has 0 aliphatic heterocycles. The Hall–Kier alpha value is 0.730. The predicted octanol–water partition coefficient (Wildman–Crippen LogP) is 1.55. The van der Waals surface area contributed by atoms with Crippen LogP contribution >= 0.6 is 30.7 Å². The molecule has 0 heterocycles. The van der Waals surface area contributed by atoms with Gasteiger partial charge < -0.3 is 4.52 Å². The smallest absolute Gasteiger partial charge is 0.299 e. The monoisotopic (exact) mass is 177 g/mol. The van der Waals surface area contributed by atoms with E-state index in [1.54, 1.807) is 0 Å². The van der Waals surface area contributed by atoms with E-state index in [1.165, 1.54) is 7.11 Å². The first-order valence-corrected chi connectivity index (χ1v) is 4.36. The van der Waals surface area contributed by atoms with Crippen LogP contribution in [-0.4, -0.2) is 11.7 Å². The summed E-state index contributed by atoms with van der Waals surface area (Å²) in [6.07, 6.45) is 0. The Morgan fingerprint density at radius 2 is 2.12 bits per heavy atom. The number of nitrogens with two attached hydrogens (primary N) is 1. The lowest BCUT2D eigenvalue weighted by Crippen LogP contribution is -2.02. The van der Waals surface area contributed by atoms with E-state index in [0.29, 0.717) is 0 Å². The number of hydrogen-bond donors (Lipinski definition) is 1. The van der Waals surface area contributed by atoms with Crippen LogP contribution in [0.15, 0.2) is 0 Å². The van der Waals surface area contributed by atoms with E-state index in [0.717, 1.165) is 0 Å². The van der Waals surface area contributed by atoms with Crippen molar-refractivity contribution in [1.82, 2.24) is 0 Å². The average Bonchev–Trinajstić information content (AvgIpc) is 1.67. The Labute approximate surface area is 57.6 Å². The summed E-state index contributed by atoms with van der Waals surface area (Å²) in [4.78, 5) is 0. The molecule has 6 heteroatoms. The number of halogens is 2. The Balaban J connectivity index is 3.93. The fraction of sp³-hybridized carbons (Fsp3) is 1.00. The fourth-order valence-electron chi connectivity index (χ4n) is 0.0797. The second-order valence-electron chi connectivity index (χ2n) is 1.11. The number of rotatable bonds is 2. The predicted molar refractivity (Wildman–Crippen MR) is 34.3 cm³/mol. The first kappa shape index (κ1) is 8.73. The molecule has 0 saturated carbocycles. The summed E-state index contributed by atoms with van der Waals surface area (Å²) in [5.74, 6) is 0. The molecule has 2 N–H and O–H groups in total. The molecule has 0 spiro atoms. The van der Waals surface area contributed by atoms with Crippen LogP contribution in [0.25, 0.3) is 0 Å². The van der Waals surface area contributed by atoms with Crippen molar-refractivity contribution in [1.29, 1.82) is 0 Å². The Bertz CT molecular complexity index is 117. The van der Waals surface area contributed by atoms with E-state index in [9.17, 15) is 4.57 Å². The molecule has 50 valence electrons. The Morgan fingerprint density at radius 3 is 2.12 bits per heavy atom. The number of alkyl halides is 2. The van der Waals surface area contributed by atoms with E-state index in [1.807, 2.05) is 0 Å². The van der Waals surface area contributed by atoms with Gasteiger partial charge in [0.1, 0.15) is 0 Å². The summed E-state index contributed by atoms with van der Waals surface area (Å²) in [5.41, 5.74) is 4.93. The molecule has 0 saturated heterocycles. The van der Waals surface area contributed by atoms with Crippen molar-refractivity contribution < 1.29 is 9.09 Å². The number of hydrogen-bond acceptors (Lipinski definition) is 2. The lowest BCUT2D eigenvalue weighted by atomic mass is 11.8. The van der Waals surface area contributed by atoms with Crippen molar-refractivity contribution >= 4 is 30.7 Å². The van der Waals surface area contributed by atoms with Gasteiger partial charge in [0.05, 0.1) is 0 Å². The highest BCUT2D eigenvalue weighted by atomic mass is 35.5. The standard InChI is InChI=1S/C2H6Cl2NO2P/c1-7-8(5,6)2(3)4/h2H,1H3,(H2,5,6). The van der Waals surface area contributed by atoms with Crippen molar-refractivity contribution in [2.24, 2.45) is 5.50 Å². The lowest BCUT2D eigenvalue weighted by molar-refractivity contribution is 0.396. The average molecular weight is 178 g/mol. The highest BCUT2D eigenvalue weighted by Gasteiger charge is 2.23. The van der Waals surface area contributed by atoms with E-state index < -0.39 is 12.1 Å². The van der Waals surface area contributed by atoms with Crippen LogP contribution in [0.2, 0.25) is 0 Å². The summed E-state index contributed by atoms with van der Waals surface area (Å²) in [5, 5.41) is 0. The van der Waals surface area contributed by atoms with E-state index in [4.69, 9.17) is 28.7 Å². The van der Waals surface area contributed by atoms with Crippen molar-refractivity contribution in [2.75, 3.05) is 7.11 Å². The van der Waals surface area contributed by atoms with Gasteiger partial charge in [-0.05, 0) is 0 Å². The van der Waals surface area contributed by atoms with E-state index in [2.05, 4.69) is 4.52 Å². The molecular weight excluding hydrogens is 172 g/mol. The second kappa shape index (κ2) is 3.04. The highest BCUT2D eigenvalue weighted by Crippen LogP contribution is 2.46. The molecule has 1 atom stereocenters. The van der Waals surface area contributed by atoms with Crippen molar-refractivity contribution in [3.05, 3.63) is 0 Å². The van der Waals surface area contributed by atoms with Crippen LogP contribution < -0.4 is 5.50 Å². The molecule has 0 amide bonds. The molecule has 0 aromatic rings. The summed E-state index contributed by atoms with van der Waals surface area (Å²) < 4.78 is 13.7. The van der Waals surface area contributed by atoms with Gasteiger partial charge in [0.2, 0.25) is 0 Å². The van der Waals surface area contributed by atoms with Gasteiger partial charge in [-0.1, -0.05) is 23.2 Å². The van der Waals surface area contributed by atoms with Crippen LogP contribution in [0.1, 0.15) is 0 Å². The minimum absolute atomic E-state index is 1.13. The largest absolute Gasteiger partial charge is 0.319 e. The zero-order valence-corrected chi connectivity index (χ0v) is 6.58. The van der Waals surface area contributed by atoms with Gasteiger partial charge >= 0.3 is 0 Å². The summed E-state index contributed by atoms with van der Waals surface area (Å²) in [6.45, 7) is 0. The fourth-order valence-corrected chi connectivity index (χ4v) is 0.717. The third-order valence-corrected chi connectivity index (χ3v) is 3.30. The first-order chi connectivity index (χ1) is 3.50. The zero-order chi connectivity index (χ0) is 6.78. The van der Waals surface area contributed by atoms with Crippen LogP contribution in [0.4, 0.5) is 0 Å². The molecule has 0 aromatic heterocycles. The molecular formula is C2H6Cl2NO2P. The minimum Gasteiger partial charge on any atom is -0.319 e. The van der Waals surface area contributed by atoms with Crippen LogP contribution in [0.5, 0.6) is 0 Å². The SMILES string of the molecule is COP(N)(=O)C(Cl)Cl. The molecule has 0 radical (unpaired) electrons. The van der Waals surface area contributed by atoms with Crippen molar-refractivity contribution in [2.45, 2.75) is 4.58 Å². The van der Waals surface area contributed by atoms with Crippen molar-refractivity contribution in [3.63, 3.8) is 0 Å². The molecule has 1 unspecified atom stereocenters. The summed E-state index contributed by atoms with van der Waals surface area (Å²) in [6, 6.07) is 0. The molecule has 3 nitrogen and oxygen atoms in total. The molecule has 0 rings (SSSR count). The maximum atomic E-state index is 10.6. The zero-order valence-electron chi connectivity index (χ0n) is 4.17. The van der Waals surface area contributed by atoms with Crippen molar-refractivity contribution in [3.8, 4) is 0 Å². The van der Waals surface area contributed by atoms with Gasteiger partial charge in [0.25, 0.3) is 7.52 Å². The molecule has 0 aliphatic rings. The topological polar surface area (TPSA) is 52.3 Å². The maximum Gasteiger partial charge on any atom is 0.299 e. The van der Waals surface area contributed by atoms with Gasteiger partial charge in [0.15, 0.2) is 4.58 Å². The summed E-state index contributed by atoms with van der Waals surface area (Å²) in [7, 11) is -2.02. The Kier molecular flexibility index (Phi) is 3.32. The third kappa shape index (κ3) is 2.33. The van der Waals surface area contributed by atoms with Gasteiger partial charge in [-0.3, -0.25) is 10.1 Å². The van der Waals surface area contributed by atoms with E-state index >= 15 is 0 Å². The maximum absolute atomic E-state index is 10.6. The van der Waals surface area contributed by atoms with E-state index in [-0.39, 0.29) is 0 Å². The second-order valence-corrected chi connectivity index (χ2v) is 4.98. The molecule has 8 heavy (non-hydrogen) atoms. The third-order valence-electron chi connectivity index (χ3n) is 0.557. The lowest BCUT2D eigenvalue weighted by Gasteiger charge is -2.08. The van der Waals surface area contributed by atoms with Gasteiger partial charge in [-0.25, -0.2) is 0 Å². The van der Waals surface area contributed by atoms with Crippen LogP contribution in [0.3, 0.4) is 0 Å². The normalized spacial score (nSPS) is 18.6. The summed E-state index contributed by atoms with van der Waals surface area (Å²) >= 11 is 10.2. The highest BCUT2D eigenvalue weighted by molar-refractivity contribution is 7.61. The quantitative estimate of drug-likeness (QED) is 0.515. The van der Waals surface area contributed by atoms with Gasteiger partial charge in [-0.2, -0.15) is 0 Å². The Morgan fingerprint density at radius 1 is 1.75 bits per heavy atom. The van der Waals surface area contributed by atoms with Gasteiger partial charge in [-0.15, -0.1) is 0 Å². The first-order valence-electron chi connectivity index (χ1n) is 1.73. The van der Waals surface area contributed by atoms with Gasteiger partial charge in [0, 0.05) is 7.11 Å². The van der Waals surface area contributed by atoms with Crippen LogP contribution in [-0.2, 0) is 9.09 Å². The molecule has 0 bridgehead atoms. The molecule has 0 aromatic carbocycles. The molecule has 0 fully saturated rings.